The Kier molecular flexibility index (Phi) is 6.59. The van der Waals surface area contributed by atoms with E-state index >= 15 is 0 Å². The third-order valence-corrected chi connectivity index (χ3v) is 2.14. The molecule has 2 atom stereocenters. The van der Waals surface area contributed by atoms with Crippen molar-refractivity contribution in [1.82, 2.24) is 0 Å². The third-order valence-electron chi connectivity index (χ3n) is 2.14. The molecule has 0 rings (SSSR count). The second-order valence-corrected chi connectivity index (χ2v) is 3.46. The quantitative estimate of drug-likeness (QED) is 0.646. The predicted octanol–water partition coefficient (Wildman–Crippen LogP) is 1.74. The summed E-state index contributed by atoms with van der Waals surface area (Å²) < 4.78 is 5.11. The highest BCUT2D eigenvalue weighted by atomic mass is 16.5. The van der Waals surface area contributed by atoms with E-state index in [4.69, 9.17) is 9.84 Å². The van der Waals surface area contributed by atoms with Gasteiger partial charge in [0.2, 0.25) is 0 Å². The zero-order valence-corrected chi connectivity index (χ0v) is 8.75. The Morgan fingerprint density at radius 1 is 1.46 bits per heavy atom. The van der Waals surface area contributed by atoms with Gasteiger partial charge in [0.05, 0.1) is 0 Å². The van der Waals surface area contributed by atoms with E-state index in [1.165, 1.54) is 0 Å². The van der Waals surface area contributed by atoms with Gasteiger partial charge in [-0.2, -0.15) is 0 Å². The van der Waals surface area contributed by atoms with Gasteiger partial charge >= 0.3 is 5.97 Å². The van der Waals surface area contributed by atoms with E-state index in [2.05, 4.69) is 0 Å². The normalized spacial score (nSPS) is 15.1. The van der Waals surface area contributed by atoms with Crippen LogP contribution < -0.4 is 0 Å². The van der Waals surface area contributed by atoms with Crippen LogP contribution in [0.5, 0.6) is 0 Å². The van der Waals surface area contributed by atoms with Crippen molar-refractivity contribution >= 4 is 5.97 Å². The molecule has 0 aliphatic carbocycles. The molecule has 0 aromatic rings. The van der Waals surface area contributed by atoms with Gasteiger partial charge in [0, 0.05) is 18.9 Å². The zero-order chi connectivity index (χ0) is 10.3. The lowest BCUT2D eigenvalue weighted by molar-refractivity contribution is -0.151. The first kappa shape index (κ1) is 12.4. The van der Waals surface area contributed by atoms with Crippen molar-refractivity contribution in [2.45, 2.75) is 46.1 Å². The summed E-state index contributed by atoms with van der Waals surface area (Å²) in [5.41, 5.74) is 0. The fourth-order valence-electron chi connectivity index (χ4n) is 0.852. The van der Waals surface area contributed by atoms with Crippen molar-refractivity contribution in [2.24, 2.45) is 5.92 Å². The summed E-state index contributed by atoms with van der Waals surface area (Å²) in [4.78, 5) is 11.1. The van der Waals surface area contributed by atoms with Gasteiger partial charge in [-0.3, -0.25) is 4.79 Å². The summed E-state index contributed by atoms with van der Waals surface area (Å²) in [6.07, 6.45) is 2.17. The van der Waals surface area contributed by atoms with Crippen molar-refractivity contribution in [1.29, 1.82) is 0 Å². The minimum atomic E-state index is -0.186. The number of ether oxygens (including phenoxy) is 1. The first-order valence-electron chi connectivity index (χ1n) is 4.92. The molecule has 0 aliphatic rings. The van der Waals surface area contributed by atoms with Crippen LogP contribution >= 0.6 is 0 Å². The van der Waals surface area contributed by atoms with E-state index in [1.54, 1.807) is 0 Å². The molecule has 0 aromatic heterocycles. The third kappa shape index (κ3) is 5.64. The number of aliphatic hydroxyl groups is 1. The fourth-order valence-corrected chi connectivity index (χ4v) is 0.852. The molecule has 13 heavy (non-hydrogen) atoms. The van der Waals surface area contributed by atoms with E-state index in [-0.39, 0.29) is 24.6 Å². The number of hydrogen-bond acceptors (Lipinski definition) is 3. The number of aliphatic hydroxyl groups excluding tert-OH is 1. The number of hydrogen-bond donors (Lipinski definition) is 1. The highest BCUT2D eigenvalue weighted by Crippen LogP contribution is 2.08. The Labute approximate surface area is 80.1 Å². The lowest BCUT2D eigenvalue weighted by Crippen LogP contribution is -2.24. The lowest BCUT2D eigenvalue weighted by Gasteiger charge is -2.18. The second kappa shape index (κ2) is 6.89. The largest absolute Gasteiger partial charge is 0.462 e. The van der Waals surface area contributed by atoms with Crippen LogP contribution in [0.4, 0.5) is 0 Å². The molecule has 3 heteroatoms. The van der Waals surface area contributed by atoms with Crippen LogP contribution in [-0.4, -0.2) is 23.8 Å². The maximum atomic E-state index is 11.1. The summed E-state index contributed by atoms with van der Waals surface area (Å²) in [6.45, 7) is 5.76. The van der Waals surface area contributed by atoms with E-state index < -0.39 is 0 Å². The fraction of sp³-hybridized carbons (Fsp3) is 0.900. The molecule has 0 aliphatic heterocycles. The molecule has 0 saturated heterocycles. The zero-order valence-electron chi connectivity index (χ0n) is 8.75. The summed E-state index contributed by atoms with van der Waals surface area (Å²) >= 11 is 0. The predicted molar refractivity (Wildman–Crippen MR) is 51.3 cm³/mol. The molecule has 0 bridgehead atoms. The Bertz CT molecular complexity index is 145. The monoisotopic (exact) mass is 188 g/mol. The average Bonchev–Trinajstić information content (AvgIpc) is 2.13. The van der Waals surface area contributed by atoms with Crippen LogP contribution in [0.3, 0.4) is 0 Å². The highest BCUT2D eigenvalue weighted by molar-refractivity contribution is 5.69. The van der Waals surface area contributed by atoms with E-state index in [1.807, 2.05) is 20.8 Å². The van der Waals surface area contributed by atoms with Gasteiger partial charge in [-0.1, -0.05) is 20.3 Å². The van der Waals surface area contributed by atoms with E-state index in [0.717, 1.165) is 12.8 Å². The summed E-state index contributed by atoms with van der Waals surface area (Å²) in [7, 11) is 0. The Morgan fingerprint density at radius 2 is 2.08 bits per heavy atom. The number of esters is 1. The van der Waals surface area contributed by atoms with Crippen molar-refractivity contribution in [3.8, 4) is 0 Å². The van der Waals surface area contributed by atoms with Gasteiger partial charge in [-0.25, -0.2) is 0 Å². The molecule has 0 spiro atoms. The summed E-state index contributed by atoms with van der Waals surface area (Å²) in [6, 6.07) is 0. The van der Waals surface area contributed by atoms with Crippen LogP contribution in [0.25, 0.3) is 0 Å². The van der Waals surface area contributed by atoms with Crippen molar-refractivity contribution in [2.75, 3.05) is 6.61 Å². The Balaban J connectivity index is 3.64. The van der Waals surface area contributed by atoms with Gasteiger partial charge in [-0.15, -0.1) is 0 Å². The Hall–Kier alpha value is -0.570. The van der Waals surface area contributed by atoms with Crippen molar-refractivity contribution < 1.29 is 14.6 Å². The van der Waals surface area contributed by atoms with Gasteiger partial charge in [0.25, 0.3) is 0 Å². The van der Waals surface area contributed by atoms with Gasteiger partial charge in [0.1, 0.15) is 6.10 Å². The molecular weight excluding hydrogens is 168 g/mol. The molecule has 0 amide bonds. The summed E-state index contributed by atoms with van der Waals surface area (Å²) in [5.74, 6) is -0.139. The van der Waals surface area contributed by atoms with Gasteiger partial charge < -0.3 is 9.84 Å². The van der Waals surface area contributed by atoms with E-state index in [9.17, 15) is 4.79 Å². The smallest absolute Gasteiger partial charge is 0.306 e. The molecule has 3 nitrogen and oxygen atoms in total. The maximum Gasteiger partial charge on any atom is 0.306 e. The standard InChI is InChI=1S/C10H20O3/c1-4-5-6-10(12)13-9(3)8(2)7-11/h8-9,11H,4-7H2,1-3H3. The number of carbonyl (C=O) groups is 1. The topological polar surface area (TPSA) is 46.5 Å². The average molecular weight is 188 g/mol. The number of carbonyl (C=O) groups excluding carboxylic acids is 1. The first-order valence-corrected chi connectivity index (χ1v) is 4.92. The second-order valence-electron chi connectivity index (χ2n) is 3.46. The summed E-state index contributed by atoms with van der Waals surface area (Å²) in [5, 5.41) is 8.80. The van der Waals surface area contributed by atoms with Gasteiger partial charge in [-0.05, 0) is 13.3 Å². The lowest BCUT2D eigenvalue weighted by atomic mass is 10.1. The SMILES string of the molecule is CCCCC(=O)OC(C)C(C)CO. The molecule has 78 valence electrons. The van der Waals surface area contributed by atoms with E-state index in [0.29, 0.717) is 6.42 Å². The highest BCUT2D eigenvalue weighted by Gasteiger charge is 2.15. The van der Waals surface area contributed by atoms with Crippen LogP contribution in [0.15, 0.2) is 0 Å². The van der Waals surface area contributed by atoms with Crippen LogP contribution in [-0.2, 0) is 9.53 Å². The molecule has 0 heterocycles. The van der Waals surface area contributed by atoms with Crippen molar-refractivity contribution in [3.05, 3.63) is 0 Å². The molecule has 0 radical (unpaired) electrons. The number of unbranched alkanes of at least 4 members (excludes halogenated alkanes) is 1. The Morgan fingerprint density at radius 3 is 2.54 bits per heavy atom. The molecule has 2 unspecified atom stereocenters. The number of rotatable bonds is 6. The molecule has 0 saturated carbocycles. The van der Waals surface area contributed by atoms with Crippen LogP contribution in [0, 0.1) is 5.92 Å². The van der Waals surface area contributed by atoms with Crippen molar-refractivity contribution in [3.63, 3.8) is 0 Å². The van der Waals surface area contributed by atoms with Crippen LogP contribution in [0.1, 0.15) is 40.0 Å². The molecule has 0 aromatic carbocycles. The van der Waals surface area contributed by atoms with Gasteiger partial charge in [0.15, 0.2) is 0 Å². The minimum Gasteiger partial charge on any atom is -0.462 e. The first-order chi connectivity index (χ1) is 6.11. The molecule has 1 N–H and O–H groups in total. The minimum absolute atomic E-state index is 0.0191. The van der Waals surface area contributed by atoms with Crippen LogP contribution in [0.2, 0.25) is 0 Å². The molecular formula is C10H20O3. The maximum absolute atomic E-state index is 11.1. The molecule has 0 fully saturated rings.